The zero-order valence-corrected chi connectivity index (χ0v) is 14.2. The molecule has 1 fully saturated rings. The zero-order valence-electron chi connectivity index (χ0n) is 12.0. The normalized spacial score (nSPS) is 17.9. The summed E-state index contributed by atoms with van der Waals surface area (Å²) in [5.74, 6) is -0.371. The van der Waals surface area contributed by atoms with Crippen molar-refractivity contribution in [1.29, 1.82) is 0 Å². The van der Waals surface area contributed by atoms with E-state index in [2.05, 4.69) is 27.9 Å². The summed E-state index contributed by atoms with van der Waals surface area (Å²) in [4.78, 5) is 26.0. The van der Waals surface area contributed by atoms with E-state index in [-0.39, 0.29) is 18.2 Å². The number of anilines is 2. The number of carbonyl (C=O) groups is 2. The second-order valence-electron chi connectivity index (χ2n) is 5.31. The van der Waals surface area contributed by atoms with Crippen LogP contribution in [0.3, 0.4) is 0 Å². The molecule has 2 aromatic carbocycles. The Kier molecular flexibility index (Phi) is 4.15. The maximum Gasteiger partial charge on any atom is 0.256 e. The first-order valence-electron chi connectivity index (χ1n) is 7.00. The molecule has 1 atom stereocenters. The van der Waals surface area contributed by atoms with Crippen LogP contribution >= 0.6 is 22.6 Å². The quantitative estimate of drug-likeness (QED) is 0.629. The molecule has 1 saturated heterocycles. The summed E-state index contributed by atoms with van der Waals surface area (Å²) in [5, 5.41) is 3.16. The summed E-state index contributed by atoms with van der Waals surface area (Å²) in [5.41, 5.74) is 2.59. The summed E-state index contributed by atoms with van der Waals surface area (Å²) in [6, 6.07) is 14.6. The van der Waals surface area contributed by atoms with Gasteiger partial charge in [0.15, 0.2) is 0 Å². The van der Waals surface area contributed by atoms with E-state index in [9.17, 15) is 9.59 Å². The molecule has 22 heavy (non-hydrogen) atoms. The van der Waals surface area contributed by atoms with E-state index in [1.165, 1.54) is 4.90 Å². The number of imide groups is 1. The number of halogens is 1. The smallest absolute Gasteiger partial charge is 0.256 e. The first-order chi connectivity index (χ1) is 10.5. The summed E-state index contributed by atoms with van der Waals surface area (Å²) in [6.07, 6.45) is 0.179. The van der Waals surface area contributed by atoms with Crippen molar-refractivity contribution in [3.05, 3.63) is 57.7 Å². The van der Waals surface area contributed by atoms with E-state index in [1.807, 2.05) is 43.3 Å². The third-order valence-corrected chi connectivity index (χ3v) is 4.31. The van der Waals surface area contributed by atoms with Crippen molar-refractivity contribution in [2.45, 2.75) is 19.4 Å². The number of aryl methyl sites for hydroxylation is 1. The Hall–Kier alpha value is -1.89. The van der Waals surface area contributed by atoms with Crippen molar-refractivity contribution < 1.29 is 9.59 Å². The number of benzene rings is 2. The maximum absolute atomic E-state index is 12.5. The molecule has 0 spiro atoms. The minimum atomic E-state index is -0.506. The molecule has 1 heterocycles. The molecule has 1 aliphatic rings. The number of hydrogen-bond donors (Lipinski definition) is 1. The van der Waals surface area contributed by atoms with Crippen molar-refractivity contribution in [3.8, 4) is 0 Å². The fraction of sp³-hybridized carbons (Fsp3) is 0.176. The van der Waals surface area contributed by atoms with Crippen molar-refractivity contribution in [2.24, 2.45) is 0 Å². The number of nitrogens with zero attached hydrogens (tertiary/aromatic N) is 1. The van der Waals surface area contributed by atoms with Crippen LogP contribution in [0.2, 0.25) is 0 Å². The fourth-order valence-corrected chi connectivity index (χ4v) is 2.90. The van der Waals surface area contributed by atoms with E-state index in [4.69, 9.17) is 0 Å². The molecule has 4 nitrogen and oxygen atoms in total. The molecule has 2 aromatic rings. The van der Waals surface area contributed by atoms with Crippen LogP contribution < -0.4 is 10.2 Å². The molecule has 0 bridgehead atoms. The van der Waals surface area contributed by atoms with Crippen molar-refractivity contribution in [3.63, 3.8) is 0 Å². The maximum atomic E-state index is 12.5. The van der Waals surface area contributed by atoms with Gasteiger partial charge in [-0.25, -0.2) is 4.90 Å². The molecular formula is C17H15IN2O2. The summed E-state index contributed by atoms with van der Waals surface area (Å²) >= 11 is 2.19. The van der Waals surface area contributed by atoms with E-state index < -0.39 is 6.04 Å². The topological polar surface area (TPSA) is 49.4 Å². The minimum Gasteiger partial charge on any atom is -0.373 e. The lowest BCUT2D eigenvalue weighted by molar-refractivity contribution is -0.121. The number of nitrogens with one attached hydrogen (secondary N) is 1. The van der Waals surface area contributed by atoms with Crippen LogP contribution in [-0.2, 0) is 9.59 Å². The highest BCUT2D eigenvalue weighted by molar-refractivity contribution is 14.1. The van der Waals surface area contributed by atoms with Gasteiger partial charge in [0.2, 0.25) is 5.91 Å². The Morgan fingerprint density at radius 2 is 1.86 bits per heavy atom. The van der Waals surface area contributed by atoms with Crippen LogP contribution in [-0.4, -0.2) is 17.9 Å². The Morgan fingerprint density at radius 1 is 1.14 bits per heavy atom. The largest absolute Gasteiger partial charge is 0.373 e. The van der Waals surface area contributed by atoms with Gasteiger partial charge in [-0.3, -0.25) is 9.59 Å². The lowest BCUT2D eigenvalue weighted by Gasteiger charge is -2.16. The van der Waals surface area contributed by atoms with Crippen LogP contribution in [0.15, 0.2) is 48.5 Å². The van der Waals surface area contributed by atoms with Gasteiger partial charge in [-0.1, -0.05) is 12.1 Å². The highest BCUT2D eigenvalue weighted by Crippen LogP contribution is 2.25. The Labute approximate surface area is 142 Å². The van der Waals surface area contributed by atoms with Gasteiger partial charge in [0.05, 0.1) is 12.1 Å². The number of carbonyl (C=O) groups excluding carboxylic acids is 2. The number of amides is 2. The molecule has 112 valence electrons. The molecule has 3 rings (SSSR count). The molecule has 0 radical (unpaired) electrons. The van der Waals surface area contributed by atoms with Gasteiger partial charge in [0.25, 0.3) is 5.91 Å². The lowest BCUT2D eigenvalue weighted by Crippen LogP contribution is -2.34. The van der Waals surface area contributed by atoms with Crippen molar-refractivity contribution in [1.82, 2.24) is 0 Å². The molecule has 0 aromatic heterocycles. The third kappa shape index (κ3) is 2.99. The van der Waals surface area contributed by atoms with Crippen molar-refractivity contribution in [2.75, 3.05) is 10.2 Å². The van der Waals surface area contributed by atoms with Gasteiger partial charge in [0.1, 0.15) is 6.04 Å². The Morgan fingerprint density at radius 3 is 2.55 bits per heavy atom. The Balaban J connectivity index is 1.81. The average Bonchev–Trinajstić information content (AvgIpc) is 2.75. The van der Waals surface area contributed by atoms with Crippen LogP contribution in [0, 0.1) is 10.5 Å². The van der Waals surface area contributed by atoms with Crippen LogP contribution in [0.25, 0.3) is 0 Å². The monoisotopic (exact) mass is 406 g/mol. The lowest BCUT2D eigenvalue weighted by atomic mass is 10.2. The first kappa shape index (κ1) is 15.0. The molecular weight excluding hydrogens is 391 g/mol. The first-order valence-corrected chi connectivity index (χ1v) is 8.08. The number of rotatable bonds is 3. The highest BCUT2D eigenvalue weighted by Gasteiger charge is 2.39. The molecule has 0 aliphatic carbocycles. The molecule has 0 unspecified atom stereocenters. The third-order valence-electron chi connectivity index (χ3n) is 3.59. The molecule has 1 N–H and O–H groups in total. The van der Waals surface area contributed by atoms with E-state index in [0.29, 0.717) is 5.69 Å². The molecule has 1 aliphatic heterocycles. The summed E-state index contributed by atoms with van der Waals surface area (Å²) < 4.78 is 1.06. The van der Waals surface area contributed by atoms with Gasteiger partial charge in [-0.2, -0.15) is 0 Å². The van der Waals surface area contributed by atoms with E-state index in [0.717, 1.165) is 14.8 Å². The minimum absolute atomic E-state index is 0.170. The van der Waals surface area contributed by atoms with Gasteiger partial charge < -0.3 is 5.32 Å². The SMILES string of the molecule is Cc1cccc(N[C@H]2CC(=O)N(c3ccc(I)cc3)C2=O)c1. The fourth-order valence-electron chi connectivity index (χ4n) is 2.54. The average molecular weight is 406 g/mol. The number of hydrogen-bond acceptors (Lipinski definition) is 3. The van der Waals surface area contributed by atoms with Gasteiger partial charge in [-0.05, 0) is 71.5 Å². The zero-order chi connectivity index (χ0) is 15.7. The van der Waals surface area contributed by atoms with Crippen molar-refractivity contribution >= 4 is 45.8 Å². The Bertz CT molecular complexity index is 728. The highest BCUT2D eigenvalue weighted by atomic mass is 127. The summed E-state index contributed by atoms with van der Waals surface area (Å²) in [6.45, 7) is 1.99. The van der Waals surface area contributed by atoms with Crippen LogP contribution in [0.4, 0.5) is 11.4 Å². The van der Waals surface area contributed by atoms with Crippen LogP contribution in [0.5, 0.6) is 0 Å². The predicted octanol–water partition coefficient (Wildman–Crippen LogP) is 3.34. The molecule has 5 heteroatoms. The summed E-state index contributed by atoms with van der Waals surface area (Å²) in [7, 11) is 0. The predicted molar refractivity (Wildman–Crippen MR) is 94.9 cm³/mol. The standard InChI is InChI=1S/C17H15IN2O2/c1-11-3-2-4-13(9-11)19-15-10-16(21)20(17(15)22)14-7-5-12(18)6-8-14/h2-9,15,19H,10H2,1H3/t15-/m0/s1. The van der Waals surface area contributed by atoms with Gasteiger partial charge in [-0.15, -0.1) is 0 Å². The van der Waals surface area contributed by atoms with Crippen LogP contribution in [0.1, 0.15) is 12.0 Å². The van der Waals surface area contributed by atoms with Gasteiger partial charge >= 0.3 is 0 Å². The van der Waals surface area contributed by atoms with E-state index >= 15 is 0 Å². The second-order valence-corrected chi connectivity index (χ2v) is 6.56. The molecule has 2 amide bonds. The van der Waals surface area contributed by atoms with E-state index in [1.54, 1.807) is 12.1 Å². The second kappa shape index (κ2) is 6.08. The van der Waals surface area contributed by atoms with Gasteiger partial charge in [0, 0.05) is 9.26 Å². The molecule has 0 saturated carbocycles.